The van der Waals surface area contributed by atoms with Crippen molar-refractivity contribution < 1.29 is 4.52 Å². The van der Waals surface area contributed by atoms with Crippen molar-refractivity contribution in [1.82, 2.24) is 5.16 Å². The summed E-state index contributed by atoms with van der Waals surface area (Å²) in [5.41, 5.74) is 1.43. The van der Waals surface area contributed by atoms with Crippen LogP contribution < -0.4 is 5.56 Å². The summed E-state index contributed by atoms with van der Waals surface area (Å²) in [5.74, 6) is 0.628. The fourth-order valence-electron chi connectivity index (χ4n) is 1.57. The SMILES string of the molecule is CC=CCc1c(-c2ccccc2)o[nH]c1=O. The second-order valence-corrected chi connectivity index (χ2v) is 3.48. The van der Waals surface area contributed by atoms with E-state index in [1.54, 1.807) is 0 Å². The normalized spacial score (nSPS) is 11.1. The Balaban J connectivity index is 2.46. The number of rotatable bonds is 3. The van der Waals surface area contributed by atoms with Gasteiger partial charge in [0.25, 0.3) is 5.56 Å². The average Bonchev–Trinajstić information content (AvgIpc) is 2.69. The first-order chi connectivity index (χ1) is 7.83. The first-order valence-corrected chi connectivity index (χ1v) is 5.20. The Morgan fingerprint density at radius 2 is 2.06 bits per heavy atom. The van der Waals surface area contributed by atoms with Crippen LogP contribution in [0.5, 0.6) is 0 Å². The Hall–Kier alpha value is -2.03. The minimum absolute atomic E-state index is 0.156. The third-order valence-electron chi connectivity index (χ3n) is 2.39. The van der Waals surface area contributed by atoms with E-state index in [9.17, 15) is 4.79 Å². The maximum atomic E-state index is 11.5. The molecule has 0 aliphatic rings. The van der Waals surface area contributed by atoms with Crippen molar-refractivity contribution in [2.45, 2.75) is 13.3 Å². The van der Waals surface area contributed by atoms with E-state index >= 15 is 0 Å². The molecule has 0 fully saturated rings. The number of allylic oxidation sites excluding steroid dienone is 2. The Morgan fingerprint density at radius 3 is 2.75 bits per heavy atom. The number of H-pyrrole nitrogens is 1. The van der Waals surface area contributed by atoms with Crippen LogP contribution in [0, 0.1) is 0 Å². The van der Waals surface area contributed by atoms with E-state index in [2.05, 4.69) is 5.16 Å². The van der Waals surface area contributed by atoms with Gasteiger partial charge in [0.2, 0.25) is 0 Å². The van der Waals surface area contributed by atoms with Crippen molar-refractivity contribution in [1.29, 1.82) is 0 Å². The largest absolute Gasteiger partial charge is 0.378 e. The third-order valence-corrected chi connectivity index (χ3v) is 2.39. The van der Waals surface area contributed by atoms with E-state index in [0.29, 0.717) is 17.7 Å². The molecule has 0 aliphatic carbocycles. The zero-order valence-electron chi connectivity index (χ0n) is 9.07. The third kappa shape index (κ3) is 1.98. The van der Waals surface area contributed by atoms with Crippen LogP contribution in [0.25, 0.3) is 11.3 Å². The van der Waals surface area contributed by atoms with E-state index in [1.807, 2.05) is 49.4 Å². The molecule has 16 heavy (non-hydrogen) atoms. The first-order valence-electron chi connectivity index (χ1n) is 5.20. The quantitative estimate of drug-likeness (QED) is 0.800. The molecule has 3 nitrogen and oxygen atoms in total. The van der Waals surface area contributed by atoms with Crippen LogP contribution in [0.2, 0.25) is 0 Å². The summed E-state index contributed by atoms with van der Waals surface area (Å²) in [7, 11) is 0. The molecule has 0 saturated heterocycles. The molecule has 1 heterocycles. The summed E-state index contributed by atoms with van der Waals surface area (Å²) >= 11 is 0. The molecule has 0 bridgehead atoms. The van der Waals surface area contributed by atoms with Crippen LogP contribution in [0.1, 0.15) is 12.5 Å². The minimum Gasteiger partial charge on any atom is -0.378 e. The van der Waals surface area contributed by atoms with Crippen molar-refractivity contribution in [3.05, 3.63) is 58.4 Å². The van der Waals surface area contributed by atoms with E-state index in [-0.39, 0.29) is 5.56 Å². The van der Waals surface area contributed by atoms with E-state index in [1.165, 1.54) is 0 Å². The highest BCUT2D eigenvalue weighted by Crippen LogP contribution is 2.21. The number of nitrogens with one attached hydrogen (secondary N) is 1. The molecular weight excluding hydrogens is 202 g/mol. The second-order valence-electron chi connectivity index (χ2n) is 3.48. The van der Waals surface area contributed by atoms with Gasteiger partial charge < -0.3 is 4.52 Å². The van der Waals surface area contributed by atoms with Gasteiger partial charge in [0.05, 0.1) is 5.56 Å². The summed E-state index contributed by atoms with van der Waals surface area (Å²) in [5, 5.41) is 2.38. The van der Waals surface area contributed by atoms with Crippen LogP contribution in [0.3, 0.4) is 0 Å². The van der Waals surface area contributed by atoms with Gasteiger partial charge in [-0.25, -0.2) is 0 Å². The van der Waals surface area contributed by atoms with E-state index < -0.39 is 0 Å². The lowest BCUT2D eigenvalue weighted by molar-refractivity contribution is 0.425. The highest BCUT2D eigenvalue weighted by atomic mass is 16.5. The van der Waals surface area contributed by atoms with Gasteiger partial charge in [0.1, 0.15) is 0 Å². The van der Waals surface area contributed by atoms with Gasteiger partial charge in [-0.05, 0) is 13.3 Å². The lowest BCUT2D eigenvalue weighted by Gasteiger charge is -1.97. The van der Waals surface area contributed by atoms with E-state index in [4.69, 9.17) is 4.52 Å². The molecule has 1 aromatic carbocycles. The average molecular weight is 215 g/mol. The van der Waals surface area contributed by atoms with Crippen LogP contribution in [0.15, 0.2) is 51.8 Å². The van der Waals surface area contributed by atoms with Crippen molar-refractivity contribution in [2.75, 3.05) is 0 Å². The number of aromatic amines is 1. The molecule has 3 heteroatoms. The van der Waals surface area contributed by atoms with Crippen LogP contribution in [-0.4, -0.2) is 5.16 Å². The molecule has 0 unspecified atom stereocenters. The Morgan fingerprint density at radius 1 is 1.31 bits per heavy atom. The standard InChI is InChI=1S/C13H13NO2/c1-2-3-9-11-12(16-14-13(11)15)10-7-5-4-6-8-10/h2-8H,9H2,1H3,(H,14,15). The maximum absolute atomic E-state index is 11.5. The first kappa shape index (κ1) is 10.5. The molecule has 0 radical (unpaired) electrons. The molecule has 0 atom stereocenters. The van der Waals surface area contributed by atoms with Gasteiger partial charge >= 0.3 is 0 Å². The summed E-state index contributed by atoms with van der Waals surface area (Å²) < 4.78 is 5.21. The maximum Gasteiger partial charge on any atom is 0.284 e. The predicted molar refractivity (Wildman–Crippen MR) is 63.3 cm³/mol. The number of hydrogen-bond donors (Lipinski definition) is 1. The second kappa shape index (κ2) is 4.66. The van der Waals surface area contributed by atoms with Crippen LogP contribution in [0.4, 0.5) is 0 Å². The molecular formula is C13H13NO2. The molecule has 1 N–H and O–H groups in total. The van der Waals surface area contributed by atoms with Gasteiger partial charge in [-0.2, -0.15) is 5.16 Å². The Bertz CT molecular complexity index is 535. The zero-order valence-corrected chi connectivity index (χ0v) is 9.07. The smallest absolute Gasteiger partial charge is 0.284 e. The van der Waals surface area contributed by atoms with E-state index in [0.717, 1.165) is 5.56 Å². The zero-order chi connectivity index (χ0) is 11.4. The Labute approximate surface area is 93.4 Å². The molecule has 0 amide bonds. The summed E-state index contributed by atoms with van der Waals surface area (Å²) in [6.07, 6.45) is 4.44. The number of aromatic nitrogens is 1. The molecule has 0 spiro atoms. The monoisotopic (exact) mass is 215 g/mol. The molecule has 2 rings (SSSR count). The summed E-state index contributed by atoms with van der Waals surface area (Å²) in [4.78, 5) is 11.5. The van der Waals surface area contributed by atoms with Crippen LogP contribution in [-0.2, 0) is 6.42 Å². The topological polar surface area (TPSA) is 46.0 Å². The highest BCUT2D eigenvalue weighted by molar-refractivity contribution is 5.60. The molecule has 0 aliphatic heterocycles. The lowest BCUT2D eigenvalue weighted by Crippen LogP contribution is -2.04. The van der Waals surface area contributed by atoms with Crippen molar-refractivity contribution >= 4 is 0 Å². The molecule has 82 valence electrons. The summed E-state index contributed by atoms with van der Waals surface area (Å²) in [6.45, 7) is 1.93. The van der Waals surface area contributed by atoms with Crippen molar-refractivity contribution in [2.24, 2.45) is 0 Å². The predicted octanol–water partition coefficient (Wildman–Crippen LogP) is 2.75. The molecule has 2 aromatic rings. The molecule has 0 saturated carbocycles. The van der Waals surface area contributed by atoms with Gasteiger partial charge in [0.15, 0.2) is 5.76 Å². The number of hydrogen-bond acceptors (Lipinski definition) is 2. The lowest BCUT2D eigenvalue weighted by atomic mass is 10.1. The van der Waals surface area contributed by atoms with Gasteiger partial charge in [-0.15, -0.1) is 0 Å². The molecule has 1 aromatic heterocycles. The minimum atomic E-state index is -0.156. The fourth-order valence-corrected chi connectivity index (χ4v) is 1.57. The van der Waals surface area contributed by atoms with Gasteiger partial charge in [-0.1, -0.05) is 42.5 Å². The Kier molecular flexibility index (Phi) is 3.05. The summed E-state index contributed by atoms with van der Waals surface area (Å²) in [6, 6.07) is 9.61. The van der Waals surface area contributed by atoms with Gasteiger partial charge in [-0.3, -0.25) is 4.79 Å². The number of benzene rings is 1. The fraction of sp³-hybridized carbons (Fsp3) is 0.154. The van der Waals surface area contributed by atoms with Crippen molar-refractivity contribution in [3.8, 4) is 11.3 Å². The van der Waals surface area contributed by atoms with Crippen molar-refractivity contribution in [3.63, 3.8) is 0 Å². The highest BCUT2D eigenvalue weighted by Gasteiger charge is 2.12. The van der Waals surface area contributed by atoms with Crippen LogP contribution >= 0.6 is 0 Å². The van der Waals surface area contributed by atoms with Gasteiger partial charge in [0, 0.05) is 5.56 Å².